The Morgan fingerprint density at radius 2 is 1.82 bits per heavy atom. The number of oxazole rings is 1. The van der Waals surface area contributed by atoms with Crippen LogP contribution in [0.15, 0.2) is 77.2 Å². The predicted octanol–water partition coefficient (Wildman–Crippen LogP) is 7.42. The second kappa shape index (κ2) is 12.0. The third-order valence-electron chi connectivity index (χ3n) is 6.96. The van der Waals surface area contributed by atoms with Crippen LogP contribution in [0.1, 0.15) is 59.4 Å². The summed E-state index contributed by atoms with van der Waals surface area (Å²) in [4.78, 5) is 16.9. The number of rotatable bonds is 10. The number of aryl methyl sites for hydroxylation is 2. The van der Waals surface area contributed by atoms with Gasteiger partial charge in [-0.25, -0.2) is 4.98 Å². The van der Waals surface area contributed by atoms with Gasteiger partial charge in [0, 0.05) is 17.5 Å². The minimum atomic E-state index is -0.134. The lowest BCUT2D eigenvalue weighted by atomic mass is 9.95. The van der Waals surface area contributed by atoms with Crippen molar-refractivity contribution in [3.63, 3.8) is 0 Å². The molecule has 1 atom stereocenters. The molecule has 0 fully saturated rings. The normalized spacial score (nSPS) is 14.5. The summed E-state index contributed by atoms with van der Waals surface area (Å²) in [5, 5.41) is 0. The summed E-state index contributed by atoms with van der Waals surface area (Å²) in [5.74, 6) is 2.33. The number of hydrogen-bond donors (Lipinski definition) is 0. The molecule has 38 heavy (non-hydrogen) atoms. The lowest BCUT2D eigenvalue weighted by molar-refractivity contribution is -0.143. The van der Waals surface area contributed by atoms with Crippen molar-refractivity contribution in [2.75, 3.05) is 13.2 Å². The van der Waals surface area contributed by atoms with E-state index in [1.807, 2.05) is 62.4 Å². The Balaban J connectivity index is 1.35. The summed E-state index contributed by atoms with van der Waals surface area (Å²) in [6.07, 6.45) is 7.13. The average Bonchev–Trinajstić information content (AvgIpc) is 3.51. The topological polar surface area (TPSA) is 61.6 Å². The molecule has 194 valence electrons. The second-order valence-electron chi connectivity index (χ2n) is 9.56. The Morgan fingerprint density at radius 3 is 2.58 bits per heavy atom. The van der Waals surface area contributed by atoms with Gasteiger partial charge in [0.05, 0.1) is 25.3 Å². The lowest BCUT2D eigenvalue weighted by Crippen LogP contribution is -2.09. The summed E-state index contributed by atoms with van der Waals surface area (Å²) < 4.78 is 17.5. The van der Waals surface area contributed by atoms with Crippen LogP contribution in [-0.4, -0.2) is 24.2 Å². The highest BCUT2D eigenvalue weighted by Gasteiger charge is 2.27. The summed E-state index contributed by atoms with van der Waals surface area (Å²) in [6, 6.07) is 24.5. The molecular weight excluding hydrogens is 474 g/mol. The van der Waals surface area contributed by atoms with Gasteiger partial charge in [-0.1, -0.05) is 60.7 Å². The fourth-order valence-electron chi connectivity index (χ4n) is 5.00. The zero-order chi connectivity index (χ0) is 26.3. The van der Waals surface area contributed by atoms with E-state index in [9.17, 15) is 4.79 Å². The van der Waals surface area contributed by atoms with Crippen LogP contribution in [0.4, 0.5) is 0 Å². The van der Waals surface area contributed by atoms with Gasteiger partial charge < -0.3 is 13.9 Å². The first kappa shape index (κ1) is 25.5. The number of ether oxygens (including phenoxy) is 2. The Morgan fingerprint density at radius 1 is 1.05 bits per heavy atom. The maximum absolute atomic E-state index is 12.2. The molecule has 0 aliphatic heterocycles. The van der Waals surface area contributed by atoms with E-state index in [0.717, 1.165) is 46.7 Å². The molecule has 0 radical (unpaired) electrons. The smallest absolute Gasteiger partial charge is 0.306 e. The van der Waals surface area contributed by atoms with Gasteiger partial charge in [-0.15, -0.1) is 0 Å². The first-order chi connectivity index (χ1) is 18.6. The molecule has 0 amide bonds. The number of hydrogen-bond acceptors (Lipinski definition) is 5. The van der Waals surface area contributed by atoms with Gasteiger partial charge in [-0.2, -0.15) is 0 Å². The number of aromatic nitrogens is 1. The molecule has 0 N–H and O–H groups in total. The van der Waals surface area contributed by atoms with Crippen LogP contribution < -0.4 is 4.74 Å². The van der Waals surface area contributed by atoms with E-state index >= 15 is 0 Å². The standard InChI is InChI=1S/C33H33NO4/c1-3-36-32(35)22-27-17-16-26-21-31(28(20-29(26)27)15-14-24-10-6-4-7-11-24)37-19-18-30-23(2)38-33(34-30)25-12-8-5-9-13-25/h4-15,20-21,27H,3,16-19,22H2,1-2H3/t27-/m0/s1. The van der Waals surface area contributed by atoms with Gasteiger partial charge in [-0.3, -0.25) is 4.79 Å². The molecule has 5 rings (SSSR count). The van der Waals surface area contributed by atoms with Crippen molar-refractivity contribution in [3.8, 4) is 17.2 Å². The molecule has 0 bridgehead atoms. The molecule has 3 aromatic carbocycles. The molecule has 0 saturated carbocycles. The quantitative estimate of drug-likeness (QED) is 0.165. The van der Waals surface area contributed by atoms with Crippen molar-refractivity contribution in [3.05, 3.63) is 107 Å². The van der Waals surface area contributed by atoms with Crippen molar-refractivity contribution in [2.24, 2.45) is 0 Å². The van der Waals surface area contributed by atoms with Crippen molar-refractivity contribution in [1.29, 1.82) is 0 Å². The minimum absolute atomic E-state index is 0.134. The van der Waals surface area contributed by atoms with E-state index in [1.54, 1.807) is 0 Å². The van der Waals surface area contributed by atoms with E-state index in [2.05, 4.69) is 36.4 Å². The van der Waals surface area contributed by atoms with E-state index in [-0.39, 0.29) is 11.9 Å². The third kappa shape index (κ3) is 6.05. The Kier molecular flexibility index (Phi) is 8.03. The maximum Gasteiger partial charge on any atom is 0.306 e. The van der Waals surface area contributed by atoms with Gasteiger partial charge in [0.25, 0.3) is 0 Å². The van der Waals surface area contributed by atoms with Crippen LogP contribution in [0, 0.1) is 6.92 Å². The van der Waals surface area contributed by atoms with Gasteiger partial charge >= 0.3 is 5.97 Å². The summed E-state index contributed by atoms with van der Waals surface area (Å²) in [5.41, 5.74) is 6.46. The van der Waals surface area contributed by atoms with E-state index < -0.39 is 0 Å². The molecule has 5 heteroatoms. The summed E-state index contributed by atoms with van der Waals surface area (Å²) >= 11 is 0. The number of benzene rings is 3. The Bertz CT molecular complexity index is 1410. The minimum Gasteiger partial charge on any atom is -0.493 e. The van der Waals surface area contributed by atoms with E-state index in [4.69, 9.17) is 18.9 Å². The first-order valence-corrected chi connectivity index (χ1v) is 13.3. The molecule has 4 aromatic rings. The average molecular weight is 508 g/mol. The highest BCUT2D eigenvalue weighted by Crippen LogP contribution is 2.40. The molecule has 1 aliphatic carbocycles. The number of esters is 1. The van der Waals surface area contributed by atoms with Crippen LogP contribution in [0.5, 0.6) is 5.75 Å². The first-order valence-electron chi connectivity index (χ1n) is 13.3. The molecule has 0 saturated heterocycles. The molecule has 1 aromatic heterocycles. The second-order valence-corrected chi connectivity index (χ2v) is 9.56. The molecule has 5 nitrogen and oxygen atoms in total. The number of fused-ring (bicyclic) bond motifs is 1. The largest absolute Gasteiger partial charge is 0.493 e. The number of nitrogens with zero attached hydrogens (tertiary/aromatic N) is 1. The van der Waals surface area contributed by atoms with Crippen LogP contribution in [0.25, 0.3) is 23.6 Å². The molecule has 1 aliphatic rings. The van der Waals surface area contributed by atoms with Crippen molar-refractivity contribution < 1.29 is 18.7 Å². The van der Waals surface area contributed by atoms with Crippen LogP contribution >= 0.6 is 0 Å². The van der Waals surface area contributed by atoms with E-state index in [1.165, 1.54) is 11.1 Å². The highest BCUT2D eigenvalue weighted by molar-refractivity contribution is 5.75. The Labute approximate surface area is 224 Å². The summed E-state index contributed by atoms with van der Waals surface area (Å²) in [7, 11) is 0. The number of carbonyl (C=O) groups is 1. The maximum atomic E-state index is 12.2. The zero-order valence-corrected chi connectivity index (χ0v) is 22.0. The molecule has 0 unspecified atom stereocenters. The molecule has 1 heterocycles. The Hall–Kier alpha value is -4.12. The van der Waals surface area contributed by atoms with Crippen LogP contribution in [0.3, 0.4) is 0 Å². The van der Waals surface area contributed by atoms with Crippen LogP contribution in [-0.2, 0) is 22.4 Å². The SMILES string of the molecule is CCOC(=O)C[C@@H]1CCc2cc(OCCc3nc(-c4ccccc4)oc3C)c(C=Cc3ccccc3)cc21. The van der Waals surface area contributed by atoms with E-state index in [0.29, 0.717) is 31.9 Å². The van der Waals surface area contributed by atoms with Crippen molar-refractivity contribution in [2.45, 2.75) is 45.4 Å². The van der Waals surface area contributed by atoms with Gasteiger partial charge in [0.15, 0.2) is 0 Å². The van der Waals surface area contributed by atoms with Gasteiger partial charge in [-0.05, 0) is 73.6 Å². The monoisotopic (exact) mass is 507 g/mol. The van der Waals surface area contributed by atoms with Gasteiger partial charge in [0.1, 0.15) is 11.5 Å². The lowest BCUT2D eigenvalue weighted by Gasteiger charge is -2.15. The summed E-state index contributed by atoms with van der Waals surface area (Å²) in [6.45, 7) is 4.69. The fourth-order valence-corrected chi connectivity index (χ4v) is 5.00. The zero-order valence-electron chi connectivity index (χ0n) is 22.0. The third-order valence-corrected chi connectivity index (χ3v) is 6.96. The van der Waals surface area contributed by atoms with Crippen molar-refractivity contribution >= 4 is 18.1 Å². The van der Waals surface area contributed by atoms with Crippen LogP contribution in [0.2, 0.25) is 0 Å². The highest BCUT2D eigenvalue weighted by atomic mass is 16.5. The molecular formula is C33H33NO4. The fraction of sp³-hybridized carbons (Fsp3) is 0.273. The molecule has 0 spiro atoms. The number of carbonyl (C=O) groups excluding carboxylic acids is 1. The van der Waals surface area contributed by atoms with Gasteiger partial charge in [0.2, 0.25) is 5.89 Å². The van der Waals surface area contributed by atoms with Crippen molar-refractivity contribution in [1.82, 2.24) is 4.98 Å². The predicted molar refractivity (Wildman–Crippen MR) is 150 cm³/mol.